The van der Waals surface area contributed by atoms with Crippen LogP contribution in [0.5, 0.6) is 0 Å². The maximum atomic E-state index is 13.7. The van der Waals surface area contributed by atoms with Crippen LogP contribution in [0.1, 0.15) is 47.2 Å². The van der Waals surface area contributed by atoms with Crippen LogP contribution in [0.15, 0.2) is 47.1 Å². The van der Waals surface area contributed by atoms with Gasteiger partial charge in [0.2, 0.25) is 5.91 Å². The third-order valence-corrected chi connectivity index (χ3v) is 5.12. The maximum Gasteiger partial charge on any atom is 0.410 e. The average molecular weight is 447 g/mol. The summed E-state index contributed by atoms with van der Waals surface area (Å²) in [5, 5.41) is 12.1. The normalized spacial score (nSPS) is 17.9. The summed E-state index contributed by atoms with van der Waals surface area (Å²) in [6.45, 7) is 3.15. The Morgan fingerprint density at radius 2 is 2.00 bits per heavy atom. The first kappa shape index (κ1) is 21.5. The fraction of sp³-hybridized carbons (Fsp3) is 0.286. The molecule has 0 fully saturated rings. The summed E-state index contributed by atoms with van der Waals surface area (Å²) in [5.74, 6) is -0.522. The quantitative estimate of drug-likeness (QED) is 0.540. The lowest BCUT2D eigenvalue weighted by Gasteiger charge is -2.32. The second-order valence-corrected chi connectivity index (χ2v) is 7.53. The van der Waals surface area contributed by atoms with Crippen LogP contribution >= 0.6 is 0 Å². The fourth-order valence-corrected chi connectivity index (χ4v) is 3.58. The Kier molecular flexibility index (Phi) is 5.41. The highest BCUT2D eigenvalue weighted by Crippen LogP contribution is 2.43. The number of aromatic nitrogens is 2. The van der Waals surface area contributed by atoms with Crippen molar-refractivity contribution in [3.8, 4) is 0 Å². The molecule has 0 saturated carbocycles. The molecular weight excluding hydrogens is 427 g/mol. The minimum atomic E-state index is -4.56. The molecular formula is C21H20F3N5O3. The summed E-state index contributed by atoms with van der Waals surface area (Å²) in [4.78, 5) is 24.1. The summed E-state index contributed by atoms with van der Waals surface area (Å²) in [5.41, 5.74) is 1.49. The van der Waals surface area contributed by atoms with Gasteiger partial charge in [0.1, 0.15) is 11.6 Å². The lowest BCUT2D eigenvalue weighted by molar-refractivity contribution is -0.174. The molecule has 0 spiro atoms. The van der Waals surface area contributed by atoms with Crippen molar-refractivity contribution in [3.63, 3.8) is 0 Å². The number of nitrogens with one attached hydrogen (secondary N) is 3. The van der Waals surface area contributed by atoms with Crippen LogP contribution in [0.2, 0.25) is 0 Å². The number of nitrogens with zero attached hydrogens (tertiary/aromatic N) is 2. The van der Waals surface area contributed by atoms with E-state index in [2.05, 4.69) is 21.0 Å². The van der Waals surface area contributed by atoms with Gasteiger partial charge in [-0.05, 0) is 36.8 Å². The van der Waals surface area contributed by atoms with Crippen LogP contribution in [-0.2, 0) is 4.79 Å². The monoisotopic (exact) mass is 447 g/mol. The van der Waals surface area contributed by atoms with E-state index in [0.717, 1.165) is 10.2 Å². The fourth-order valence-electron chi connectivity index (χ4n) is 3.58. The van der Waals surface area contributed by atoms with Gasteiger partial charge >= 0.3 is 6.18 Å². The van der Waals surface area contributed by atoms with Gasteiger partial charge in [-0.25, -0.2) is 4.68 Å². The van der Waals surface area contributed by atoms with Gasteiger partial charge in [0.15, 0.2) is 11.7 Å². The SMILES string of the molecule is CC(=O)Nc1cc(NC(=O)c2cc3n(n2)C(C(F)(F)F)CC(c2ccco2)N3)ccc1C. The number of furan rings is 1. The highest BCUT2D eigenvalue weighted by Gasteiger charge is 2.47. The predicted molar refractivity (Wildman–Crippen MR) is 110 cm³/mol. The first-order valence-corrected chi connectivity index (χ1v) is 9.77. The van der Waals surface area contributed by atoms with Gasteiger partial charge in [-0.2, -0.15) is 18.3 Å². The van der Waals surface area contributed by atoms with E-state index in [1.54, 1.807) is 37.3 Å². The van der Waals surface area contributed by atoms with E-state index < -0.39 is 24.2 Å². The van der Waals surface area contributed by atoms with Crippen LogP contribution in [0, 0.1) is 6.92 Å². The van der Waals surface area contributed by atoms with Gasteiger partial charge in [-0.15, -0.1) is 0 Å². The number of amides is 2. The standard InChI is InChI=1S/C21H20F3N5O3/c1-11-5-6-13(8-14(11)25-12(2)30)26-20(31)16-10-19-27-15(17-4-3-7-32-17)9-18(21(22,23)24)29(19)28-16/h3-8,10,15,18,27H,9H2,1-2H3,(H,25,30)(H,26,31). The van der Waals surface area contributed by atoms with Crippen LogP contribution in [0.3, 0.4) is 0 Å². The maximum absolute atomic E-state index is 13.7. The van der Waals surface area contributed by atoms with Crippen LogP contribution in [0.25, 0.3) is 0 Å². The Morgan fingerprint density at radius 1 is 1.22 bits per heavy atom. The molecule has 2 aromatic heterocycles. The molecule has 11 heteroatoms. The summed E-state index contributed by atoms with van der Waals surface area (Å²) < 4.78 is 47.2. The number of aryl methyl sites for hydroxylation is 1. The molecule has 0 bridgehead atoms. The van der Waals surface area contributed by atoms with Crippen molar-refractivity contribution >= 4 is 29.0 Å². The first-order valence-electron chi connectivity index (χ1n) is 9.77. The Morgan fingerprint density at radius 3 is 2.66 bits per heavy atom. The molecule has 0 radical (unpaired) electrons. The Hall–Kier alpha value is -3.76. The molecule has 2 unspecified atom stereocenters. The molecule has 1 aliphatic rings. The van der Waals surface area contributed by atoms with E-state index in [4.69, 9.17) is 4.42 Å². The predicted octanol–water partition coefficient (Wildman–Crippen LogP) is 4.66. The minimum Gasteiger partial charge on any atom is -0.467 e. The number of hydrogen-bond donors (Lipinski definition) is 3. The van der Waals surface area contributed by atoms with Crippen LogP contribution in [-0.4, -0.2) is 27.8 Å². The largest absolute Gasteiger partial charge is 0.467 e. The molecule has 32 heavy (non-hydrogen) atoms. The second-order valence-electron chi connectivity index (χ2n) is 7.53. The minimum absolute atomic E-state index is 0.0629. The van der Waals surface area contributed by atoms with E-state index >= 15 is 0 Å². The number of alkyl halides is 3. The summed E-state index contributed by atoms with van der Waals surface area (Å²) in [7, 11) is 0. The number of hydrogen-bond acceptors (Lipinski definition) is 5. The topological polar surface area (TPSA) is 101 Å². The third-order valence-electron chi connectivity index (χ3n) is 5.12. The van der Waals surface area contributed by atoms with E-state index in [9.17, 15) is 22.8 Å². The number of rotatable bonds is 4. The molecule has 1 aliphatic heterocycles. The third kappa shape index (κ3) is 4.32. The van der Waals surface area contributed by atoms with Crippen molar-refractivity contribution in [3.05, 3.63) is 59.7 Å². The van der Waals surface area contributed by atoms with Crippen molar-refractivity contribution in [2.24, 2.45) is 0 Å². The van der Waals surface area contributed by atoms with Crippen molar-refractivity contribution in [1.29, 1.82) is 0 Å². The van der Waals surface area contributed by atoms with Gasteiger partial charge in [-0.3, -0.25) is 9.59 Å². The highest BCUT2D eigenvalue weighted by molar-refractivity contribution is 6.04. The van der Waals surface area contributed by atoms with E-state index in [0.29, 0.717) is 17.1 Å². The van der Waals surface area contributed by atoms with Gasteiger partial charge in [0, 0.05) is 30.8 Å². The van der Waals surface area contributed by atoms with Gasteiger partial charge < -0.3 is 20.4 Å². The smallest absolute Gasteiger partial charge is 0.410 e. The Bertz CT molecular complexity index is 1150. The lowest BCUT2D eigenvalue weighted by Crippen LogP contribution is -2.35. The van der Waals surface area contributed by atoms with Crippen molar-refractivity contribution in [2.75, 3.05) is 16.0 Å². The molecule has 3 N–H and O–H groups in total. The molecule has 0 aliphatic carbocycles. The number of benzene rings is 1. The zero-order chi connectivity index (χ0) is 23.0. The van der Waals surface area contributed by atoms with E-state index in [-0.39, 0.29) is 23.8 Å². The Labute approximate surface area is 180 Å². The molecule has 2 amide bonds. The number of anilines is 3. The highest BCUT2D eigenvalue weighted by atomic mass is 19.4. The number of halogens is 3. The number of carbonyl (C=O) groups is 2. The van der Waals surface area contributed by atoms with Gasteiger partial charge in [0.05, 0.1) is 12.3 Å². The van der Waals surface area contributed by atoms with Crippen molar-refractivity contribution < 1.29 is 27.2 Å². The first-order chi connectivity index (χ1) is 15.1. The molecule has 4 rings (SSSR count). The zero-order valence-electron chi connectivity index (χ0n) is 17.2. The van der Waals surface area contributed by atoms with Crippen LogP contribution < -0.4 is 16.0 Å². The van der Waals surface area contributed by atoms with Gasteiger partial charge in [-0.1, -0.05) is 6.07 Å². The number of fused-ring (bicyclic) bond motifs is 1. The van der Waals surface area contributed by atoms with Crippen molar-refractivity contribution in [1.82, 2.24) is 9.78 Å². The summed E-state index contributed by atoms with van der Waals surface area (Å²) in [6, 6.07) is 6.72. The molecule has 2 atom stereocenters. The molecule has 3 aromatic rings. The lowest BCUT2D eigenvalue weighted by atomic mass is 10.0. The molecule has 1 aromatic carbocycles. The second kappa shape index (κ2) is 8.06. The summed E-state index contributed by atoms with van der Waals surface area (Å²) >= 11 is 0. The van der Waals surface area contributed by atoms with E-state index in [1.807, 2.05) is 0 Å². The summed E-state index contributed by atoms with van der Waals surface area (Å²) in [6.07, 6.45) is -3.50. The Balaban J connectivity index is 1.60. The average Bonchev–Trinajstić information content (AvgIpc) is 3.38. The zero-order valence-corrected chi connectivity index (χ0v) is 17.2. The number of carbonyl (C=O) groups excluding carboxylic acids is 2. The molecule has 168 valence electrons. The van der Waals surface area contributed by atoms with E-state index in [1.165, 1.54) is 19.3 Å². The molecule has 8 nitrogen and oxygen atoms in total. The molecule has 3 heterocycles. The van der Waals surface area contributed by atoms with Gasteiger partial charge in [0.25, 0.3) is 5.91 Å². The van der Waals surface area contributed by atoms with Crippen LogP contribution in [0.4, 0.5) is 30.4 Å². The molecule has 0 saturated heterocycles. The van der Waals surface area contributed by atoms with Crippen molar-refractivity contribution in [2.45, 2.75) is 38.5 Å².